The number of benzene rings is 1. The Labute approximate surface area is 143 Å². The summed E-state index contributed by atoms with van der Waals surface area (Å²) in [5.74, 6) is 0.475. The van der Waals surface area contributed by atoms with Gasteiger partial charge in [-0.25, -0.2) is 0 Å². The molecule has 1 unspecified atom stereocenters. The molecular weight excluding hydrogens is 338 g/mol. The van der Waals surface area contributed by atoms with Crippen LogP contribution in [0.15, 0.2) is 18.2 Å². The molecule has 0 spiro atoms. The summed E-state index contributed by atoms with van der Waals surface area (Å²) < 4.78 is 0. The minimum absolute atomic E-state index is 0.169. The maximum atomic E-state index is 12.6. The van der Waals surface area contributed by atoms with Crippen LogP contribution >= 0.6 is 15.9 Å². The van der Waals surface area contributed by atoms with Gasteiger partial charge in [0.1, 0.15) is 0 Å². The number of fused-ring (bicyclic) bond motifs is 1. The maximum Gasteiger partial charge on any atom is 0.230 e. The van der Waals surface area contributed by atoms with Crippen LogP contribution in [0.2, 0.25) is 0 Å². The van der Waals surface area contributed by atoms with E-state index in [-0.39, 0.29) is 5.92 Å². The molecule has 1 atom stereocenters. The minimum atomic E-state index is 0.169. The predicted molar refractivity (Wildman–Crippen MR) is 97.9 cm³/mol. The summed E-state index contributed by atoms with van der Waals surface area (Å²) in [6.45, 7) is 7.28. The molecule has 0 aliphatic carbocycles. The summed E-state index contributed by atoms with van der Waals surface area (Å²) >= 11 is 3.76. The van der Waals surface area contributed by atoms with Crippen molar-refractivity contribution in [2.45, 2.75) is 64.1 Å². The standard InChI is InChI=1S/C19H28BrNO/c1-4-7-17(20)13-14-8-9-18-16(12-14)10-11-21(18)19(22)15(5-2)6-3/h8-9,12,15,17H,4-7,10-11,13H2,1-3H3. The van der Waals surface area contributed by atoms with Crippen molar-refractivity contribution in [1.29, 1.82) is 0 Å². The first-order chi connectivity index (χ1) is 10.6. The van der Waals surface area contributed by atoms with Crippen molar-refractivity contribution < 1.29 is 4.79 Å². The van der Waals surface area contributed by atoms with Crippen LogP contribution in [-0.4, -0.2) is 17.3 Å². The first kappa shape index (κ1) is 17.5. The van der Waals surface area contributed by atoms with E-state index in [4.69, 9.17) is 0 Å². The van der Waals surface area contributed by atoms with Crippen molar-refractivity contribution in [2.75, 3.05) is 11.4 Å². The molecule has 0 radical (unpaired) electrons. The molecule has 0 aromatic heterocycles. The lowest BCUT2D eigenvalue weighted by Gasteiger charge is -2.22. The third-order valence-electron chi connectivity index (χ3n) is 4.70. The normalized spacial score (nSPS) is 15.2. The van der Waals surface area contributed by atoms with E-state index < -0.39 is 0 Å². The molecule has 3 heteroatoms. The quantitative estimate of drug-likeness (QED) is 0.614. The van der Waals surface area contributed by atoms with Crippen LogP contribution in [0.1, 0.15) is 57.6 Å². The molecule has 1 aromatic carbocycles. The van der Waals surface area contributed by atoms with Crippen LogP contribution in [0.5, 0.6) is 0 Å². The van der Waals surface area contributed by atoms with Crippen LogP contribution in [0.4, 0.5) is 5.69 Å². The van der Waals surface area contributed by atoms with E-state index in [9.17, 15) is 4.79 Å². The molecule has 1 amide bonds. The number of hydrogen-bond acceptors (Lipinski definition) is 1. The largest absolute Gasteiger partial charge is 0.312 e. The average molecular weight is 366 g/mol. The number of carbonyl (C=O) groups excluding carboxylic acids is 1. The van der Waals surface area contributed by atoms with E-state index >= 15 is 0 Å². The minimum Gasteiger partial charge on any atom is -0.312 e. The Morgan fingerprint density at radius 2 is 2.00 bits per heavy atom. The number of nitrogens with zero attached hydrogens (tertiary/aromatic N) is 1. The molecular formula is C19H28BrNO. The number of halogens is 1. The van der Waals surface area contributed by atoms with Crippen LogP contribution in [0.25, 0.3) is 0 Å². The van der Waals surface area contributed by atoms with Crippen molar-refractivity contribution in [3.05, 3.63) is 29.3 Å². The molecule has 0 fully saturated rings. The first-order valence-corrected chi connectivity index (χ1v) is 9.59. The Hall–Kier alpha value is -0.830. The fraction of sp³-hybridized carbons (Fsp3) is 0.632. The first-order valence-electron chi connectivity index (χ1n) is 8.67. The third kappa shape index (κ3) is 3.92. The smallest absolute Gasteiger partial charge is 0.230 e. The Morgan fingerprint density at radius 3 is 2.64 bits per heavy atom. The van der Waals surface area contributed by atoms with E-state index in [0.29, 0.717) is 10.7 Å². The van der Waals surface area contributed by atoms with E-state index in [1.807, 2.05) is 4.90 Å². The van der Waals surface area contributed by atoms with Crippen molar-refractivity contribution in [1.82, 2.24) is 0 Å². The lowest BCUT2D eigenvalue weighted by Crippen LogP contribution is -2.34. The van der Waals surface area contributed by atoms with Gasteiger partial charge in [0.25, 0.3) is 0 Å². The number of alkyl halides is 1. The molecule has 0 saturated heterocycles. The van der Waals surface area contributed by atoms with Gasteiger partial charge in [0.05, 0.1) is 0 Å². The van der Waals surface area contributed by atoms with Gasteiger partial charge >= 0.3 is 0 Å². The molecule has 0 N–H and O–H groups in total. The van der Waals surface area contributed by atoms with E-state index in [1.165, 1.54) is 24.0 Å². The number of anilines is 1. The predicted octanol–water partition coefficient (Wildman–Crippen LogP) is 5.12. The molecule has 1 aromatic rings. The highest BCUT2D eigenvalue weighted by Crippen LogP contribution is 2.31. The summed E-state index contributed by atoms with van der Waals surface area (Å²) in [6, 6.07) is 6.66. The highest BCUT2D eigenvalue weighted by Gasteiger charge is 2.28. The van der Waals surface area contributed by atoms with Gasteiger partial charge in [-0.1, -0.05) is 55.3 Å². The number of carbonyl (C=O) groups is 1. The van der Waals surface area contributed by atoms with Gasteiger partial charge < -0.3 is 4.90 Å². The Kier molecular flexibility index (Phi) is 6.49. The summed E-state index contributed by atoms with van der Waals surface area (Å²) in [5, 5.41) is 0. The van der Waals surface area contributed by atoms with Crippen LogP contribution in [0, 0.1) is 5.92 Å². The van der Waals surface area contributed by atoms with Crippen molar-refractivity contribution in [3.8, 4) is 0 Å². The summed E-state index contributed by atoms with van der Waals surface area (Å²) in [6.07, 6.45) is 6.34. The van der Waals surface area contributed by atoms with Gasteiger partial charge in [0.15, 0.2) is 0 Å². The maximum absolute atomic E-state index is 12.6. The average Bonchev–Trinajstić information content (AvgIpc) is 2.91. The second-order valence-electron chi connectivity index (χ2n) is 6.31. The molecule has 1 aliphatic rings. The molecule has 1 aliphatic heterocycles. The van der Waals surface area contributed by atoms with Gasteiger partial charge in [0, 0.05) is 23.0 Å². The second-order valence-corrected chi connectivity index (χ2v) is 7.60. The van der Waals surface area contributed by atoms with Crippen LogP contribution < -0.4 is 4.90 Å². The Bertz CT molecular complexity index is 510. The van der Waals surface area contributed by atoms with Gasteiger partial charge in [0.2, 0.25) is 5.91 Å². The molecule has 0 saturated carbocycles. The number of hydrogen-bond donors (Lipinski definition) is 0. The molecule has 22 heavy (non-hydrogen) atoms. The molecule has 122 valence electrons. The lowest BCUT2D eigenvalue weighted by atomic mass is 10.0. The van der Waals surface area contributed by atoms with Crippen molar-refractivity contribution in [3.63, 3.8) is 0 Å². The summed E-state index contributed by atoms with van der Waals surface area (Å²) in [5.41, 5.74) is 3.86. The van der Waals surface area contributed by atoms with E-state index in [2.05, 4.69) is 54.9 Å². The van der Waals surface area contributed by atoms with Crippen molar-refractivity contribution >= 4 is 27.5 Å². The molecule has 2 nitrogen and oxygen atoms in total. The second kappa shape index (κ2) is 8.14. The zero-order chi connectivity index (χ0) is 16.1. The fourth-order valence-electron chi connectivity index (χ4n) is 3.34. The molecule has 2 rings (SSSR count). The third-order valence-corrected chi connectivity index (χ3v) is 5.48. The van der Waals surface area contributed by atoms with Crippen molar-refractivity contribution in [2.24, 2.45) is 5.92 Å². The SMILES string of the molecule is CCCC(Br)Cc1ccc2c(c1)CCN2C(=O)C(CC)CC. The summed E-state index contributed by atoms with van der Waals surface area (Å²) in [4.78, 5) is 15.2. The van der Waals surface area contributed by atoms with Gasteiger partial charge in [-0.15, -0.1) is 0 Å². The summed E-state index contributed by atoms with van der Waals surface area (Å²) in [7, 11) is 0. The zero-order valence-corrected chi connectivity index (χ0v) is 15.7. The van der Waals surface area contributed by atoms with Crippen LogP contribution in [0.3, 0.4) is 0 Å². The lowest BCUT2D eigenvalue weighted by molar-refractivity contribution is -0.122. The Morgan fingerprint density at radius 1 is 1.27 bits per heavy atom. The topological polar surface area (TPSA) is 20.3 Å². The number of amides is 1. The van der Waals surface area contributed by atoms with E-state index in [1.54, 1.807) is 0 Å². The highest BCUT2D eigenvalue weighted by atomic mass is 79.9. The van der Waals surface area contributed by atoms with Gasteiger partial charge in [-0.05, 0) is 49.3 Å². The van der Waals surface area contributed by atoms with E-state index in [0.717, 1.165) is 37.9 Å². The van der Waals surface area contributed by atoms with Gasteiger partial charge in [-0.2, -0.15) is 0 Å². The van der Waals surface area contributed by atoms with Gasteiger partial charge in [-0.3, -0.25) is 4.79 Å². The fourth-order valence-corrected chi connectivity index (χ4v) is 4.17. The Balaban J connectivity index is 2.11. The molecule has 0 bridgehead atoms. The highest BCUT2D eigenvalue weighted by molar-refractivity contribution is 9.09. The zero-order valence-electron chi connectivity index (χ0n) is 14.1. The number of rotatable bonds is 7. The van der Waals surface area contributed by atoms with Crippen LogP contribution in [-0.2, 0) is 17.6 Å². The molecule has 1 heterocycles. The monoisotopic (exact) mass is 365 g/mol.